The van der Waals surface area contributed by atoms with Crippen LogP contribution in [0.15, 0.2) is 0 Å². The monoisotopic (exact) mass is 157 g/mol. The van der Waals surface area contributed by atoms with Crippen molar-refractivity contribution in [2.75, 3.05) is 19.7 Å². The predicted octanol–water partition coefficient (Wildman–Crippen LogP) is 1.41. The summed E-state index contributed by atoms with van der Waals surface area (Å²) in [4.78, 5) is 0. The van der Waals surface area contributed by atoms with E-state index in [2.05, 4.69) is 19.2 Å². The van der Waals surface area contributed by atoms with E-state index in [0.717, 1.165) is 25.6 Å². The van der Waals surface area contributed by atoms with Gasteiger partial charge in [0.15, 0.2) is 0 Å². The molecule has 0 aliphatic carbocycles. The predicted molar refractivity (Wildman–Crippen MR) is 46.7 cm³/mol. The van der Waals surface area contributed by atoms with Gasteiger partial charge in [-0.2, -0.15) is 0 Å². The Morgan fingerprint density at radius 1 is 1.55 bits per heavy atom. The minimum atomic E-state index is 0.494. The lowest BCUT2D eigenvalue weighted by atomic mass is 10.1. The van der Waals surface area contributed by atoms with Crippen molar-refractivity contribution in [1.29, 1.82) is 0 Å². The summed E-state index contributed by atoms with van der Waals surface area (Å²) < 4.78 is 5.65. The van der Waals surface area contributed by atoms with Crippen molar-refractivity contribution in [3.05, 3.63) is 0 Å². The van der Waals surface area contributed by atoms with Crippen LogP contribution >= 0.6 is 0 Å². The normalized spacial score (nSPS) is 24.8. The fourth-order valence-electron chi connectivity index (χ4n) is 1.24. The van der Waals surface area contributed by atoms with E-state index in [-0.39, 0.29) is 0 Å². The van der Waals surface area contributed by atoms with E-state index in [9.17, 15) is 0 Å². The van der Waals surface area contributed by atoms with Crippen LogP contribution in [0.5, 0.6) is 0 Å². The van der Waals surface area contributed by atoms with Crippen LogP contribution in [0.25, 0.3) is 0 Å². The van der Waals surface area contributed by atoms with Gasteiger partial charge in [-0.1, -0.05) is 13.8 Å². The van der Waals surface area contributed by atoms with Crippen molar-refractivity contribution in [2.45, 2.75) is 32.8 Å². The Morgan fingerprint density at radius 2 is 2.36 bits per heavy atom. The molecule has 0 aromatic carbocycles. The Hall–Kier alpha value is -0.0800. The van der Waals surface area contributed by atoms with Crippen LogP contribution in [-0.2, 0) is 4.74 Å². The van der Waals surface area contributed by atoms with E-state index in [1.807, 2.05) is 0 Å². The number of ether oxygens (including phenoxy) is 1. The molecule has 2 heteroatoms. The Labute approximate surface area is 69.3 Å². The number of hydrogen-bond donors (Lipinski definition) is 1. The Balaban J connectivity index is 1.94. The van der Waals surface area contributed by atoms with Gasteiger partial charge in [0.25, 0.3) is 0 Å². The highest BCUT2D eigenvalue weighted by Crippen LogP contribution is 2.06. The van der Waals surface area contributed by atoms with Gasteiger partial charge < -0.3 is 10.1 Å². The SMILES string of the molecule is CC(C)CCOC1CCNC1. The van der Waals surface area contributed by atoms with Gasteiger partial charge in [0.2, 0.25) is 0 Å². The molecule has 0 aromatic rings. The minimum Gasteiger partial charge on any atom is -0.377 e. The molecule has 1 aliphatic rings. The van der Waals surface area contributed by atoms with Crippen molar-refractivity contribution in [3.63, 3.8) is 0 Å². The number of nitrogens with one attached hydrogen (secondary N) is 1. The summed E-state index contributed by atoms with van der Waals surface area (Å²) >= 11 is 0. The van der Waals surface area contributed by atoms with Gasteiger partial charge in [-0.15, -0.1) is 0 Å². The molecule has 1 N–H and O–H groups in total. The van der Waals surface area contributed by atoms with Crippen LogP contribution in [0.3, 0.4) is 0 Å². The first-order valence-electron chi connectivity index (χ1n) is 4.61. The third kappa shape index (κ3) is 3.73. The van der Waals surface area contributed by atoms with E-state index < -0.39 is 0 Å². The lowest BCUT2D eigenvalue weighted by molar-refractivity contribution is 0.0598. The molecule has 0 saturated carbocycles. The van der Waals surface area contributed by atoms with Crippen LogP contribution in [0.1, 0.15) is 26.7 Å². The highest BCUT2D eigenvalue weighted by molar-refractivity contribution is 4.70. The molecule has 1 fully saturated rings. The van der Waals surface area contributed by atoms with E-state index >= 15 is 0 Å². The molecule has 1 unspecified atom stereocenters. The lowest BCUT2D eigenvalue weighted by Crippen LogP contribution is -2.17. The molecule has 1 rings (SSSR count). The van der Waals surface area contributed by atoms with Crippen LogP contribution in [0.2, 0.25) is 0 Å². The molecule has 0 radical (unpaired) electrons. The zero-order chi connectivity index (χ0) is 8.10. The van der Waals surface area contributed by atoms with Gasteiger partial charge in [-0.3, -0.25) is 0 Å². The smallest absolute Gasteiger partial charge is 0.0711 e. The van der Waals surface area contributed by atoms with Crippen LogP contribution in [0.4, 0.5) is 0 Å². The van der Waals surface area contributed by atoms with Gasteiger partial charge in [-0.05, 0) is 25.3 Å². The summed E-state index contributed by atoms with van der Waals surface area (Å²) in [7, 11) is 0. The maximum atomic E-state index is 5.65. The maximum Gasteiger partial charge on any atom is 0.0711 e. The van der Waals surface area contributed by atoms with Crippen molar-refractivity contribution in [1.82, 2.24) is 5.32 Å². The summed E-state index contributed by atoms with van der Waals surface area (Å²) in [6, 6.07) is 0. The molecule has 0 amide bonds. The topological polar surface area (TPSA) is 21.3 Å². The lowest BCUT2D eigenvalue weighted by Gasteiger charge is -2.11. The molecule has 1 heterocycles. The molecule has 1 saturated heterocycles. The van der Waals surface area contributed by atoms with Crippen LogP contribution < -0.4 is 5.32 Å². The summed E-state index contributed by atoms with van der Waals surface area (Å²) in [5.74, 6) is 0.768. The molecular weight excluding hydrogens is 138 g/mol. The van der Waals surface area contributed by atoms with Crippen LogP contribution in [-0.4, -0.2) is 25.8 Å². The first-order chi connectivity index (χ1) is 5.29. The average Bonchev–Trinajstić information content (AvgIpc) is 2.39. The Morgan fingerprint density at radius 3 is 2.91 bits per heavy atom. The first kappa shape index (κ1) is 9.01. The molecule has 11 heavy (non-hydrogen) atoms. The molecule has 2 nitrogen and oxygen atoms in total. The van der Waals surface area contributed by atoms with Crippen molar-refractivity contribution >= 4 is 0 Å². The third-order valence-electron chi connectivity index (χ3n) is 2.06. The number of rotatable bonds is 4. The fraction of sp³-hybridized carbons (Fsp3) is 1.00. The molecule has 1 atom stereocenters. The molecule has 0 aromatic heterocycles. The van der Waals surface area contributed by atoms with E-state index in [4.69, 9.17) is 4.74 Å². The average molecular weight is 157 g/mol. The molecule has 0 spiro atoms. The molecule has 1 aliphatic heterocycles. The summed E-state index contributed by atoms with van der Waals surface area (Å²) in [6.07, 6.45) is 2.88. The maximum absolute atomic E-state index is 5.65. The van der Waals surface area contributed by atoms with Crippen molar-refractivity contribution in [2.24, 2.45) is 5.92 Å². The zero-order valence-corrected chi connectivity index (χ0v) is 7.60. The summed E-state index contributed by atoms with van der Waals surface area (Å²) in [5.41, 5.74) is 0. The highest BCUT2D eigenvalue weighted by Gasteiger charge is 2.13. The van der Waals surface area contributed by atoms with Gasteiger partial charge >= 0.3 is 0 Å². The van der Waals surface area contributed by atoms with Gasteiger partial charge in [0.05, 0.1) is 6.10 Å². The Kier molecular flexibility index (Phi) is 3.87. The van der Waals surface area contributed by atoms with Crippen molar-refractivity contribution < 1.29 is 4.74 Å². The van der Waals surface area contributed by atoms with Crippen molar-refractivity contribution in [3.8, 4) is 0 Å². The summed E-state index contributed by atoms with van der Waals surface area (Å²) in [6.45, 7) is 7.58. The molecule has 0 bridgehead atoms. The van der Waals surface area contributed by atoms with Gasteiger partial charge in [0.1, 0.15) is 0 Å². The largest absolute Gasteiger partial charge is 0.377 e. The Bertz CT molecular complexity index is 97.7. The third-order valence-corrected chi connectivity index (χ3v) is 2.06. The highest BCUT2D eigenvalue weighted by atomic mass is 16.5. The van der Waals surface area contributed by atoms with Crippen LogP contribution in [0, 0.1) is 5.92 Å². The van der Waals surface area contributed by atoms with E-state index in [0.29, 0.717) is 6.10 Å². The quantitative estimate of drug-likeness (QED) is 0.666. The minimum absolute atomic E-state index is 0.494. The second-order valence-electron chi connectivity index (χ2n) is 3.67. The van der Waals surface area contributed by atoms with E-state index in [1.54, 1.807) is 0 Å². The fourth-order valence-corrected chi connectivity index (χ4v) is 1.24. The second kappa shape index (κ2) is 4.73. The molecular formula is C9H19NO. The van der Waals surface area contributed by atoms with Gasteiger partial charge in [-0.25, -0.2) is 0 Å². The standard InChI is InChI=1S/C9H19NO/c1-8(2)4-6-11-9-3-5-10-7-9/h8-10H,3-7H2,1-2H3. The summed E-state index contributed by atoms with van der Waals surface area (Å²) in [5, 5.41) is 3.29. The molecule has 66 valence electrons. The van der Waals surface area contributed by atoms with Gasteiger partial charge in [0, 0.05) is 13.2 Å². The first-order valence-corrected chi connectivity index (χ1v) is 4.61. The number of hydrogen-bond acceptors (Lipinski definition) is 2. The second-order valence-corrected chi connectivity index (χ2v) is 3.67. The van der Waals surface area contributed by atoms with E-state index in [1.165, 1.54) is 12.8 Å². The zero-order valence-electron chi connectivity index (χ0n) is 7.60.